The molecular formula is C32H30ClN3O2. The van der Waals surface area contributed by atoms with Gasteiger partial charge < -0.3 is 4.90 Å². The fourth-order valence-corrected chi connectivity index (χ4v) is 4.96. The molecule has 0 unspecified atom stereocenters. The summed E-state index contributed by atoms with van der Waals surface area (Å²) in [4.78, 5) is 36.4. The summed E-state index contributed by atoms with van der Waals surface area (Å²) in [5.41, 5.74) is 6.22. The Kier molecular flexibility index (Phi) is 7.66. The largest absolute Gasteiger partial charge is 0.337 e. The predicted octanol–water partition coefficient (Wildman–Crippen LogP) is 6.66. The van der Waals surface area contributed by atoms with E-state index in [1.165, 1.54) is 5.56 Å². The summed E-state index contributed by atoms with van der Waals surface area (Å²) in [6.45, 7) is 5.61. The Morgan fingerprint density at radius 1 is 0.921 bits per heavy atom. The van der Waals surface area contributed by atoms with Gasteiger partial charge in [0.1, 0.15) is 0 Å². The van der Waals surface area contributed by atoms with Gasteiger partial charge in [0.2, 0.25) is 0 Å². The van der Waals surface area contributed by atoms with E-state index in [4.69, 9.17) is 11.6 Å². The predicted molar refractivity (Wildman–Crippen MR) is 151 cm³/mol. The van der Waals surface area contributed by atoms with Crippen molar-refractivity contribution < 1.29 is 9.59 Å². The maximum Gasteiger partial charge on any atom is 0.253 e. The molecule has 5 rings (SSSR count). The number of nitrogens with zero attached hydrogens (tertiary/aromatic N) is 3. The van der Waals surface area contributed by atoms with Crippen LogP contribution in [0.15, 0.2) is 85.3 Å². The summed E-state index contributed by atoms with van der Waals surface area (Å²) in [7, 11) is 0. The summed E-state index contributed by atoms with van der Waals surface area (Å²) < 4.78 is 0. The van der Waals surface area contributed by atoms with Gasteiger partial charge in [0.25, 0.3) is 5.91 Å². The van der Waals surface area contributed by atoms with E-state index < -0.39 is 0 Å². The molecule has 6 heteroatoms. The lowest BCUT2D eigenvalue weighted by Crippen LogP contribution is -2.48. The van der Waals surface area contributed by atoms with E-state index in [2.05, 4.69) is 48.1 Å². The van der Waals surface area contributed by atoms with Crippen molar-refractivity contribution in [2.24, 2.45) is 5.92 Å². The van der Waals surface area contributed by atoms with Gasteiger partial charge in [-0.2, -0.15) is 0 Å². The number of Topliss-reactive ketones (excluding diaryl/α,β-unsaturated/α-hetero) is 1. The van der Waals surface area contributed by atoms with Crippen molar-refractivity contribution in [3.63, 3.8) is 0 Å². The first kappa shape index (κ1) is 25.8. The van der Waals surface area contributed by atoms with Crippen molar-refractivity contribution in [2.75, 3.05) is 13.1 Å². The quantitative estimate of drug-likeness (QED) is 0.242. The third kappa shape index (κ3) is 5.84. The number of ketones is 1. The van der Waals surface area contributed by atoms with Gasteiger partial charge in [0.15, 0.2) is 5.78 Å². The number of likely N-dealkylation sites (tertiary alicyclic amines) is 1. The fraction of sp³-hybridized carbons (Fsp3) is 0.250. The highest BCUT2D eigenvalue weighted by atomic mass is 35.5. The molecule has 192 valence electrons. The molecule has 0 N–H and O–H groups in total. The zero-order valence-corrected chi connectivity index (χ0v) is 22.4. The van der Waals surface area contributed by atoms with Gasteiger partial charge in [-0.15, -0.1) is 0 Å². The molecule has 38 heavy (non-hydrogen) atoms. The van der Waals surface area contributed by atoms with Crippen LogP contribution in [0.25, 0.3) is 11.1 Å². The van der Waals surface area contributed by atoms with Crippen molar-refractivity contribution in [2.45, 2.75) is 32.6 Å². The molecule has 1 saturated heterocycles. The lowest BCUT2D eigenvalue weighted by Gasteiger charge is -2.39. The third-order valence-electron chi connectivity index (χ3n) is 6.97. The van der Waals surface area contributed by atoms with Gasteiger partial charge in [-0.3, -0.25) is 19.6 Å². The number of benzene rings is 2. The van der Waals surface area contributed by atoms with Crippen molar-refractivity contribution in [1.29, 1.82) is 0 Å². The highest BCUT2D eigenvalue weighted by Crippen LogP contribution is 2.31. The van der Waals surface area contributed by atoms with Crippen molar-refractivity contribution >= 4 is 23.3 Å². The minimum atomic E-state index is -0.0701. The Hall–Kier alpha value is -3.83. The number of carbonyl (C=O) groups is 2. The van der Waals surface area contributed by atoms with E-state index in [-0.39, 0.29) is 18.1 Å². The average Bonchev–Trinajstić information content (AvgIpc) is 2.90. The number of aromatic nitrogens is 2. The Bertz CT molecular complexity index is 1430. The number of pyridine rings is 2. The average molecular weight is 524 g/mol. The molecule has 0 atom stereocenters. The van der Waals surface area contributed by atoms with Crippen LogP contribution >= 0.6 is 11.6 Å². The van der Waals surface area contributed by atoms with E-state index in [9.17, 15) is 9.59 Å². The molecule has 0 spiro atoms. The number of halogens is 1. The normalized spacial score (nSPS) is 13.4. The van der Waals surface area contributed by atoms with E-state index >= 15 is 0 Å². The Labute approximate surface area is 228 Å². The van der Waals surface area contributed by atoms with Gasteiger partial charge >= 0.3 is 0 Å². The first-order valence-electron chi connectivity index (χ1n) is 12.9. The summed E-state index contributed by atoms with van der Waals surface area (Å²) in [6, 6.07) is 21.4. The van der Waals surface area contributed by atoms with Crippen LogP contribution < -0.4 is 0 Å². The van der Waals surface area contributed by atoms with Crippen molar-refractivity contribution in [1.82, 2.24) is 14.9 Å². The van der Waals surface area contributed by atoms with Crippen molar-refractivity contribution in [3.05, 3.63) is 118 Å². The van der Waals surface area contributed by atoms with Gasteiger partial charge in [-0.25, -0.2) is 0 Å². The second-order valence-electron chi connectivity index (χ2n) is 10.3. The van der Waals surface area contributed by atoms with Crippen LogP contribution in [0.3, 0.4) is 0 Å². The van der Waals surface area contributed by atoms with Crippen molar-refractivity contribution in [3.8, 4) is 11.1 Å². The standard InChI is InChI=1S/C32H30ClN3O2/c1-21(2)15-29-9-7-26(18-35-29)31(37)17-27-16-25(8-10-30(27)33)32(38)36-19-28(20-36)23-5-3-22(4-6-23)24-11-13-34-14-12-24/h3-14,16,18,21,28H,15,17,19-20H2,1-2H3. The zero-order valence-electron chi connectivity index (χ0n) is 21.6. The molecular weight excluding hydrogens is 494 g/mol. The van der Waals surface area contributed by atoms with Gasteiger partial charge in [-0.05, 0) is 77.1 Å². The van der Waals surface area contributed by atoms with E-state index in [0.29, 0.717) is 46.6 Å². The fourth-order valence-electron chi connectivity index (χ4n) is 4.78. The highest BCUT2D eigenvalue weighted by Gasteiger charge is 2.32. The number of hydrogen-bond acceptors (Lipinski definition) is 4. The SMILES string of the molecule is CC(C)Cc1ccc(C(=O)Cc2cc(C(=O)N3CC(c4ccc(-c5ccncc5)cc4)C3)ccc2Cl)cn1. The summed E-state index contributed by atoms with van der Waals surface area (Å²) in [5, 5.41) is 0.482. The van der Waals surface area contributed by atoms with Crippen LogP contribution in [0.1, 0.15) is 57.3 Å². The van der Waals surface area contributed by atoms with Crippen LogP contribution in [0.5, 0.6) is 0 Å². The molecule has 0 saturated carbocycles. The molecule has 0 radical (unpaired) electrons. The molecule has 0 bridgehead atoms. The van der Waals surface area contributed by atoms with E-state index in [1.807, 2.05) is 29.2 Å². The second kappa shape index (κ2) is 11.3. The van der Waals surface area contributed by atoms with E-state index in [1.54, 1.807) is 36.8 Å². The maximum absolute atomic E-state index is 13.2. The minimum Gasteiger partial charge on any atom is -0.337 e. The first-order valence-corrected chi connectivity index (χ1v) is 13.3. The Morgan fingerprint density at radius 3 is 2.26 bits per heavy atom. The number of amides is 1. The van der Waals surface area contributed by atoms with E-state index in [0.717, 1.165) is 23.2 Å². The number of carbonyl (C=O) groups excluding carboxylic acids is 2. The van der Waals surface area contributed by atoms with Gasteiger partial charge in [0.05, 0.1) is 0 Å². The molecule has 1 aliphatic heterocycles. The summed E-state index contributed by atoms with van der Waals surface area (Å²) >= 11 is 6.41. The Balaban J connectivity index is 1.20. The van der Waals surface area contributed by atoms with Crippen LogP contribution in [0.2, 0.25) is 5.02 Å². The molecule has 1 fully saturated rings. The zero-order chi connectivity index (χ0) is 26.6. The minimum absolute atomic E-state index is 0.0419. The second-order valence-corrected chi connectivity index (χ2v) is 10.7. The number of rotatable bonds is 8. The Morgan fingerprint density at radius 2 is 1.61 bits per heavy atom. The van der Waals surface area contributed by atoms with Crippen LogP contribution in [0, 0.1) is 5.92 Å². The molecule has 1 amide bonds. The first-order chi connectivity index (χ1) is 18.4. The van der Waals surface area contributed by atoms with Crippen LogP contribution in [0.4, 0.5) is 0 Å². The molecule has 1 aliphatic rings. The maximum atomic E-state index is 13.2. The molecule has 2 aromatic carbocycles. The smallest absolute Gasteiger partial charge is 0.253 e. The highest BCUT2D eigenvalue weighted by molar-refractivity contribution is 6.31. The topological polar surface area (TPSA) is 63.2 Å². The van der Waals surface area contributed by atoms with Crippen LogP contribution in [-0.2, 0) is 12.8 Å². The summed E-state index contributed by atoms with van der Waals surface area (Å²) in [6.07, 6.45) is 6.21. The number of hydrogen-bond donors (Lipinski definition) is 0. The monoisotopic (exact) mass is 523 g/mol. The molecule has 2 aromatic heterocycles. The lowest BCUT2D eigenvalue weighted by atomic mass is 9.89. The third-order valence-corrected chi connectivity index (χ3v) is 7.34. The van der Waals surface area contributed by atoms with Gasteiger partial charge in [0, 0.05) is 65.9 Å². The molecule has 5 nitrogen and oxygen atoms in total. The summed E-state index contributed by atoms with van der Waals surface area (Å²) in [5.74, 6) is 0.701. The molecule has 4 aromatic rings. The van der Waals surface area contributed by atoms with Gasteiger partial charge in [-0.1, -0.05) is 49.7 Å². The molecule has 3 heterocycles. The molecule has 0 aliphatic carbocycles. The lowest BCUT2D eigenvalue weighted by molar-refractivity contribution is 0.0602. The van der Waals surface area contributed by atoms with Crippen LogP contribution in [-0.4, -0.2) is 39.6 Å².